The lowest BCUT2D eigenvalue weighted by Crippen LogP contribution is -2.30. The lowest BCUT2D eigenvalue weighted by atomic mass is 10.2. The van der Waals surface area contributed by atoms with Crippen LogP contribution in [-0.4, -0.2) is 18.0 Å². The van der Waals surface area contributed by atoms with Crippen LogP contribution in [0.25, 0.3) is 6.08 Å². The Morgan fingerprint density at radius 1 is 1.12 bits per heavy atom. The van der Waals surface area contributed by atoms with Crippen molar-refractivity contribution in [3.8, 4) is 5.75 Å². The molecule has 6 heteroatoms. The van der Waals surface area contributed by atoms with Crippen LogP contribution in [0.4, 0.5) is 10.5 Å². The predicted molar refractivity (Wildman–Crippen MR) is 100 cm³/mol. The fourth-order valence-electron chi connectivity index (χ4n) is 2.47. The van der Waals surface area contributed by atoms with Gasteiger partial charge in [-0.2, -0.15) is 0 Å². The van der Waals surface area contributed by atoms with Crippen LogP contribution in [0.2, 0.25) is 0 Å². The Morgan fingerprint density at radius 2 is 1.84 bits per heavy atom. The van der Waals surface area contributed by atoms with E-state index in [1.165, 1.54) is 0 Å². The van der Waals surface area contributed by atoms with Crippen molar-refractivity contribution in [2.45, 2.75) is 20.0 Å². The number of hydrogen-bond acceptors (Lipinski definition) is 3. The standard InChI is InChI=1S/C19H17BrN2O3/c1-12(2)25-17-9-8-13(10-15(17)20)11-16-18(23)22(19(24)21-16)14-6-4-3-5-7-14/h3-12H,1-2H3,(H,21,24). The first-order valence-electron chi connectivity index (χ1n) is 7.84. The van der Waals surface area contributed by atoms with Gasteiger partial charge < -0.3 is 10.1 Å². The fourth-order valence-corrected chi connectivity index (χ4v) is 2.96. The molecule has 2 aromatic rings. The Balaban J connectivity index is 1.86. The minimum atomic E-state index is -0.457. The third-order valence-electron chi connectivity index (χ3n) is 3.52. The Labute approximate surface area is 154 Å². The van der Waals surface area contributed by atoms with Gasteiger partial charge >= 0.3 is 6.03 Å². The highest BCUT2D eigenvalue weighted by molar-refractivity contribution is 9.10. The molecule has 3 amide bonds. The number of para-hydroxylation sites is 1. The molecule has 25 heavy (non-hydrogen) atoms. The highest BCUT2D eigenvalue weighted by Gasteiger charge is 2.34. The van der Waals surface area contributed by atoms with Crippen LogP contribution in [0.5, 0.6) is 5.75 Å². The van der Waals surface area contributed by atoms with Crippen molar-refractivity contribution in [2.24, 2.45) is 0 Å². The smallest absolute Gasteiger partial charge is 0.333 e. The zero-order chi connectivity index (χ0) is 18.0. The topological polar surface area (TPSA) is 58.6 Å². The molecule has 1 N–H and O–H groups in total. The molecule has 0 unspecified atom stereocenters. The highest BCUT2D eigenvalue weighted by atomic mass is 79.9. The SMILES string of the molecule is CC(C)Oc1ccc(C=C2NC(=O)N(c3ccccc3)C2=O)cc1Br. The molecule has 0 radical (unpaired) electrons. The summed E-state index contributed by atoms with van der Waals surface area (Å²) < 4.78 is 6.46. The fraction of sp³-hybridized carbons (Fsp3) is 0.158. The van der Waals surface area contributed by atoms with Crippen molar-refractivity contribution in [1.29, 1.82) is 0 Å². The average molecular weight is 401 g/mol. The first kappa shape index (κ1) is 17.2. The van der Waals surface area contributed by atoms with Gasteiger partial charge in [0.1, 0.15) is 11.4 Å². The molecular formula is C19H17BrN2O3. The van der Waals surface area contributed by atoms with Crippen molar-refractivity contribution in [3.05, 3.63) is 64.3 Å². The maximum atomic E-state index is 12.6. The van der Waals surface area contributed by atoms with E-state index in [4.69, 9.17) is 4.74 Å². The van der Waals surface area contributed by atoms with E-state index >= 15 is 0 Å². The summed E-state index contributed by atoms with van der Waals surface area (Å²) in [5, 5.41) is 2.62. The number of urea groups is 1. The quantitative estimate of drug-likeness (QED) is 0.613. The minimum absolute atomic E-state index is 0.0654. The van der Waals surface area contributed by atoms with Crippen LogP contribution < -0.4 is 15.0 Å². The molecule has 5 nitrogen and oxygen atoms in total. The number of hydrogen-bond donors (Lipinski definition) is 1. The maximum absolute atomic E-state index is 12.6. The van der Waals surface area contributed by atoms with Crippen LogP contribution in [0.15, 0.2) is 58.7 Å². The number of benzene rings is 2. The van der Waals surface area contributed by atoms with Crippen LogP contribution in [0.1, 0.15) is 19.4 Å². The summed E-state index contributed by atoms with van der Waals surface area (Å²) in [6, 6.07) is 13.9. The number of halogens is 1. The summed E-state index contributed by atoms with van der Waals surface area (Å²) >= 11 is 3.46. The van der Waals surface area contributed by atoms with E-state index < -0.39 is 6.03 Å². The van der Waals surface area contributed by atoms with E-state index in [0.717, 1.165) is 20.7 Å². The second-order valence-electron chi connectivity index (χ2n) is 5.82. The Hall–Kier alpha value is -2.60. The summed E-state index contributed by atoms with van der Waals surface area (Å²) in [5.74, 6) is 0.347. The number of nitrogens with one attached hydrogen (secondary N) is 1. The van der Waals surface area contributed by atoms with Crippen LogP contribution in [0.3, 0.4) is 0 Å². The third-order valence-corrected chi connectivity index (χ3v) is 4.14. The number of carbonyl (C=O) groups is 2. The van der Waals surface area contributed by atoms with Gasteiger partial charge in [0.2, 0.25) is 0 Å². The van der Waals surface area contributed by atoms with Gasteiger partial charge in [-0.3, -0.25) is 4.79 Å². The summed E-state index contributed by atoms with van der Waals surface area (Å²) in [6.45, 7) is 3.90. The summed E-state index contributed by atoms with van der Waals surface area (Å²) in [5.41, 5.74) is 1.55. The average Bonchev–Trinajstić information content (AvgIpc) is 2.84. The monoisotopic (exact) mass is 400 g/mol. The lowest BCUT2D eigenvalue weighted by molar-refractivity contribution is -0.113. The zero-order valence-electron chi connectivity index (χ0n) is 13.8. The summed E-state index contributed by atoms with van der Waals surface area (Å²) in [4.78, 5) is 25.8. The third kappa shape index (κ3) is 3.74. The molecule has 1 fully saturated rings. The van der Waals surface area contributed by atoms with Crippen molar-refractivity contribution in [1.82, 2.24) is 5.32 Å². The molecule has 128 valence electrons. The molecule has 1 aliphatic rings. The van der Waals surface area contributed by atoms with Gasteiger partial charge in [0.25, 0.3) is 5.91 Å². The van der Waals surface area contributed by atoms with E-state index in [-0.39, 0.29) is 17.7 Å². The molecule has 0 saturated carbocycles. The first-order valence-corrected chi connectivity index (χ1v) is 8.63. The van der Waals surface area contributed by atoms with Crippen molar-refractivity contribution < 1.29 is 14.3 Å². The van der Waals surface area contributed by atoms with Gasteiger partial charge in [-0.1, -0.05) is 24.3 Å². The largest absolute Gasteiger partial charge is 0.490 e. The first-order chi connectivity index (χ1) is 12.0. The molecule has 0 aliphatic carbocycles. The molecule has 1 saturated heterocycles. The summed E-state index contributed by atoms with van der Waals surface area (Å²) in [6.07, 6.45) is 1.71. The zero-order valence-corrected chi connectivity index (χ0v) is 15.4. The van der Waals surface area contributed by atoms with Gasteiger partial charge in [0.15, 0.2) is 0 Å². The van der Waals surface area contributed by atoms with Gasteiger partial charge in [-0.05, 0) is 65.7 Å². The second kappa shape index (κ2) is 7.11. The number of rotatable bonds is 4. The van der Waals surface area contributed by atoms with E-state index in [0.29, 0.717) is 5.69 Å². The number of carbonyl (C=O) groups excluding carboxylic acids is 2. The van der Waals surface area contributed by atoms with Crippen molar-refractivity contribution in [2.75, 3.05) is 4.90 Å². The number of amides is 3. The van der Waals surface area contributed by atoms with Crippen LogP contribution in [-0.2, 0) is 4.79 Å². The molecule has 0 bridgehead atoms. The number of ether oxygens (including phenoxy) is 1. The molecule has 0 spiro atoms. The Bertz CT molecular complexity index is 847. The normalized spacial score (nSPS) is 15.8. The molecule has 2 aromatic carbocycles. The van der Waals surface area contributed by atoms with Crippen LogP contribution >= 0.6 is 15.9 Å². The Kier molecular flexibility index (Phi) is 4.90. The van der Waals surface area contributed by atoms with E-state index in [1.807, 2.05) is 38.1 Å². The van der Waals surface area contributed by atoms with Gasteiger partial charge in [-0.25, -0.2) is 9.69 Å². The summed E-state index contributed by atoms with van der Waals surface area (Å²) in [7, 11) is 0. The van der Waals surface area contributed by atoms with E-state index in [2.05, 4.69) is 21.2 Å². The molecule has 0 atom stereocenters. The number of nitrogens with zero attached hydrogens (tertiary/aromatic N) is 1. The minimum Gasteiger partial charge on any atom is -0.490 e. The van der Waals surface area contributed by atoms with Gasteiger partial charge in [0.05, 0.1) is 16.3 Å². The Morgan fingerprint density at radius 3 is 2.48 bits per heavy atom. The van der Waals surface area contributed by atoms with Gasteiger partial charge in [0, 0.05) is 0 Å². The molecule has 0 aromatic heterocycles. The number of anilines is 1. The maximum Gasteiger partial charge on any atom is 0.333 e. The van der Waals surface area contributed by atoms with Crippen molar-refractivity contribution >= 4 is 39.6 Å². The predicted octanol–water partition coefficient (Wildman–Crippen LogP) is 4.33. The molecule has 1 aliphatic heterocycles. The van der Waals surface area contributed by atoms with Crippen LogP contribution in [0, 0.1) is 0 Å². The molecule has 1 heterocycles. The van der Waals surface area contributed by atoms with E-state index in [1.54, 1.807) is 30.3 Å². The molecule has 3 rings (SSSR count). The number of imide groups is 1. The lowest BCUT2D eigenvalue weighted by Gasteiger charge is -2.12. The second-order valence-corrected chi connectivity index (χ2v) is 6.68. The van der Waals surface area contributed by atoms with Gasteiger partial charge in [-0.15, -0.1) is 0 Å². The van der Waals surface area contributed by atoms with Crippen molar-refractivity contribution in [3.63, 3.8) is 0 Å². The van der Waals surface area contributed by atoms with E-state index in [9.17, 15) is 9.59 Å². The highest BCUT2D eigenvalue weighted by Crippen LogP contribution is 2.28. The molecular weight excluding hydrogens is 384 g/mol.